The van der Waals surface area contributed by atoms with E-state index >= 15 is 0 Å². The molecule has 0 fully saturated rings. The van der Waals surface area contributed by atoms with Crippen LogP contribution in [0.25, 0.3) is 0 Å². The Morgan fingerprint density at radius 1 is 1.05 bits per heavy atom. The number of rotatable bonds is 4. The van der Waals surface area contributed by atoms with E-state index in [0.29, 0.717) is 4.88 Å². The average Bonchev–Trinajstić information content (AvgIpc) is 3.13. The van der Waals surface area contributed by atoms with Crippen LogP contribution in [0.2, 0.25) is 0 Å². The van der Waals surface area contributed by atoms with Crippen molar-refractivity contribution in [3.05, 3.63) is 43.8 Å². The van der Waals surface area contributed by atoms with E-state index in [1.165, 1.54) is 30.9 Å². The van der Waals surface area contributed by atoms with Crippen molar-refractivity contribution in [3.8, 4) is 0 Å². The molecular formula is C13H10O5S2. The Morgan fingerprint density at radius 3 is 2.30 bits per heavy atom. The molecule has 0 spiro atoms. The fourth-order valence-corrected chi connectivity index (χ4v) is 3.24. The van der Waals surface area contributed by atoms with E-state index in [1.54, 1.807) is 17.5 Å². The average molecular weight is 310 g/mol. The van der Waals surface area contributed by atoms with Crippen molar-refractivity contribution in [1.29, 1.82) is 0 Å². The number of hydrogen-bond donors (Lipinski definition) is 0. The van der Waals surface area contributed by atoms with Gasteiger partial charge < -0.3 is 9.47 Å². The van der Waals surface area contributed by atoms with Gasteiger partial charge in [0.25, 0.3) is 0 Å². The lowest BCUT2D eigenvalue weighted by Crippen LogP contribution is -2.13. The second-order valence-corrected chi connectivity index (χ2v) is 5.47. The Labute approximate surface area is 122 Å². The van der Waals surface area contributed by atoms with Crippen molar-refractivity contribution in [2.45, 2.75) is 0 Å². The first kappa shape index (κ1) is 14.4. The molecule has 0 aliphatic carbocycles. The minimum absolute atomic E-state index is 0.0391. The highest BCUT2D eigenvalue weighted by Crippen LogP contribution is 2.27. The predicted octanol–water partition coefficient (Wildman–Crippen LogP) is 2.61. The summed E-state index contributed by atoms with van der Waals surface area (Å²) < 4.78 is 9.26. The third-order valence-corrected chi connectivity index (χ3v) is 4.37. The number of carbonyl (C=O) groups is 3. The van der Waals surface area contributed by atoms with E-state index < -0.39 is 11.9 Å². The minimum atomic E-state index is -0.730. The molecular weight excluding hydrogens is 300 g/mol. The number of ketones is 1. The molecule has 2 aromatic rings. The van der Waals surface area contributed by atoms with Gasteiger partial charge in [0.15, 0.2) is 0 Å². The van der Waals surface area contributed by atoms with Crippen molar-refractivity contribution in [2.75, 3.05) is 14.2 Å². The van der Waals surface area contributed by atoms with E-state index in [0.717, 1.165) is 11.3 Å². The van der Waals surface area contributed by atoms with Gasteiger partial charge in [-0.05, 0) is 11.4 Å². The number of methoxy groups -OCH3 is 2. The van der Waals surface area contributed by atoms with Crippen LogP contribution in [-0.4, -0.2) is 31.9 Å². The lowest BCUT2D eigenvalue weighted by Gasteiger charge is -2.03. The number of esters is 2. The maximum atomic E-state index is 12.3. The fraction of sp³-hybridized carbons (Fsp3) is 0.154. The van der Waals surface area contributed by atoms with Gasteiger partial charge >= 0.3 is 11.9 Å². The molecule has 0 bridgehead atoms. The van der Waals surface area contributed by atoms with Crippen LogP contribution in [0.1, 0.15) is 35.3 Å². The van der Waals surface area contributed by atoms with Crippen LogP contribution in [0.15, 0.2) is 22.9 Å². The van der Waals surface area contributed by atoms with Crippen LogP contribution in [0.5, 0.6) is 0 Å². The molecule has 0 atom stereocenters. The molecule has 2 rings (SSSR count). The van der Waals surface area contributed by atoms with Crippen molar-refractivity contribution >= 4 is 40.4 Å². The van der Waals surface area contributed by atoms with Crippen LogP contribution in [-0.2, 0) is 9.47 Å². The van der Waals surface area contributed by atoms with E-state index in [4.69, 9.17) is 0 Å². The molecule has 5 nitrogen and oxygen atoms in total. The van der Waals surface area contributed by atoms with Crippen LogP contribution in [0, 0.1) is 0 Å². The summed E-state index contributed by atoms with van der Waals surface area (Å²) in [7, 11) is 2.41. The standard InChI is InChI=1S/C13H10O5S2/c1-17-12(15)9-7(6-20-11(9)13(16)18-2)10(14)8-4-3-5-19-8/h3-6H,1-2H3. The third-order valence-electron chi connectivity index (χ3n) is 2.54. The zero-order valence-electron chi connectivity index (χ0n) is 10.7. The molecule has 0 saturated carbocycles. The normalized spacial score (nSPS) is 10.1. The van der Waals surface area contributed by atoms with E-state index in [9.17, 15) is 14.4 Å². The highest BCUT2D eigenvalue weighted by atomic mass is 32.1. The van der Waals surface area contributed by atoms with Crippen molar-refractivity contribution in [1.82, 2.24) is 0 Å². The molecule has 0 amide bonds. The zero-order valence-corrected chi connectivity index (χ0v) is 12.3. The minimum Gasteiger partial charge on any atom is -0.465 e. The largest absolute Gasteiger partial charge is 0.465 e. The van der Waals surface area contributed by atoms with Crippen molar-refractivity contribution in [2.24, 2.45) is 0 Å². The van der Waals surface area contributed by atoms with Crippen molar-refractivity contribution < 1.29 is 23.9 Å². The van der Waals surface area contributed by atoms with Gasteiger partial charge in [0.05, 0.1) is 24.7 Å². The SMILES string of the molecule is COC(=O)c1scc(C(=O)c2cccs2)c1C(=O)OC. The Kier molecular flexibility index (Phi) is 4.31. The second-order valence-electron chi connectivity index (χ2n) is 3.64. The highest BCUT2D eigenvalue weighted by Gasteiger charge is 2.28. The van der Waals surface area contributed by atoms with Gasteiger partial charge in [0.1, 0.15) is 4.88 Å². The van der Waals surface area contributed by atoms with E-state index in [1.807, 2.05) is 0 Å². The fourth-order valence-electron chi connectivity index (χ4n) is 1.61. The number of hydrogen-bond acceptors (Lipinski definition) is 7. The van der Waals surface area contributed by atoms with Crippen LogP contribution >= 0.6 is 22.7 Å². The van der Waals surface area contributed by atoms with Gasteiger partial charge in [0.2, 0.25) is 5.78 Å². The maximum Gasteiger partial charge on any atom is 0.348 e. The van der Waals surface area contributed by atoms with Gasteiger partial charge in [-0.1, -0.05) is 6.07 Å². The summed E-state index contributed by atoms with van der Waals surface area (Å²) in [5.41, 5.74) is 0.118. The quantitative estimate of drug-likeness (QED) is 0.641. The number of carbonyl (C=O) groups excluding carboxylic acids is 3. The van der Waals surface area contributed by atoms with Gasteiger partial charge in [-0.3, -0.25) is 4.79 Å². The van der Waals surface area contributed by atoms with Gasteiger partial charge in [-0.15, -0.1) is 22.7 Å². The Morgan fingerprint density at radius 2 is 1.75 bits per heavy atom. The van der Waals surface area contributed by atoms with Crippen LogP contribution < -0.4 is 0 Å². The molecule has 0 N–H and O–H groups in total. The summed E-state index contributed by atoms with van der Waals surface area (Å²) in [6, 6.07) is 3.40. The molecule has 7 heteroatoms. The van der Waals surface area contributed by atoms with Gasteiger partial charge in [-0.25, -0.2) is 9.59 Å². The Balaban J connectivity index is 2.54. The second kappa shape index (κ2) is 5.98. The molecule has 0 saturated heterocycles. The van der Waals surface area contributed by atoms with E-state index in [-0.39, 0.29) is 21.8 Å². The maximum absolute atomic E-state index is 12.3. The van der Waals surface area contributed by atoms with Gasteiger partial charge in [-0.2, -0.15) is 0 Å². The van der Waals surface area contributed by atoms with Crippen LogP contribution in [0.3, 0.4) is 0 Å². The first-order valence-electron chi connectivity index (χ1n) is 5.46. The number of thiophene rings is 2. The molecule has 104 valence electrons. The van der Waals surface area contributed by atoms with Crippen molar-refractivity contribution in [3.63, 3.8) is 0 Å². The Hall–Kier alpha value is -1.99. The zero-order chi connectivity index (χ0) is 14.7. The summed E-state index contributed by atoms with van der Waals surface area (Å²) in [5.74, 6) is -1.71. The smallest absolute Gasteiger partial charge is 0.348 e. The molecule has 0 aliphatic heterocycles. The highest BCUT2D eigenvalue weighted by molar-refractivity contribution is 7.13. The first-order chi connectivity index (χ1) is 9.60. The third kappa shape index (κ3) is 2.50. The monoisotopic (exact) mass is 310 g/mol. The van der Waals surface area contributed by atoms with Gasteiger partial charge in [0, 0.05) is 10.9 Å². The first-order valence-corrected chi connectivity index (χ1v) is 7.22. The molecule has 20 heavy (non-hydrogen) atoms. The summed E-state index contributed by atoms with van der Waals surface area (Å²) in [4.78, 5) is 36.4. The lowest BCUT2D eigenvalue weighted by molar-refractivity contribution is 0.0558. The molecule has 2 heterocycles. The van der Waals surface area contributed by atoms with Crippen LogP contribution in [0.4, 0.5) is 0 Å². The predicted molar refractivity (Wildman–Crippen MR) is 74.7 cm³/mol. The molecule has 0 unspecified atom stereocenters. The lowest BCUT2D eigenvalue weighted by atomic mass is 10.1. The summed E-state index contributed by atoms with van der Waals surface area (Å²) >= 11 is 2.25. The topological polar surface area (TPSA) is 69.7 Å². The Bertz CT molecular complexity index is 654. The molecule has 0 aromatic carbocycles. The summed E-state index contributed by atoms with van der Waals surface area (Å²) in [6.45, 7) is 0. The molecule has 2 aromatic heterocycles. The molecule has 0 aliphatic rings. The summed E-state index contributed by atoms with van der Waals surface area (Å²) in [6.07, 6.45) is 0. The summed E-state index contributed by atoms with van der Waals surface area (Å²) in [5, 5.41) is 3.24. The molecule has 0 radical (unpaired) electrons. The number of ether oxygens (including phenoxy) is 2. The van der Waals surface area contributed by atoms with E-state index in [2.05, 4.69) is 9.47 Å².